The van der Waals surface area contributed by atoms with Crippen LogP contribution in [0.25, 0.3) is 10.9 Å². The van der Waals surface area contributed by atoms with E-state index < -0.39 is 4.92 Å². The quantitative estimate of drug-likeness (QED) is 0.651. The summed E-state index contributed by atoms with van der Waals surface area (Å²) in [6.45, 7) is 6.66. The van der Waals surface area contributed by atoms with Gasteiger partial charge in [-0.1, -0.05) is 13.8 Å². The van der Waals surface area contributed by atoms with Gasteiger partial charge in [0.25, 0.3) is 5.69 Å². The average molecular weight is 288 g/mol. The van der Waals surface area contributed by atoms with Crippen LogP contribution < -0.4 is 11.1 Å². The van der Waals surface area contributed by atoms with Crippen molar-refractivity contribution < 1.29 is 4.92 Å². The molecule has 1 unspecified atom stereocenters. The maximum absolute atomic E-state index is 11.1. The third-order valence-electron chi connectivity index (χ3n) is 4.06. The van der Waals surface area contributed by atoms with Gasteiger partial charge in [-0.3, -0.25) is 15.1 Å². The van der Waals surface area contributed by atoms with Crippen molar-refractivity contribution in [2.75, 3.05) is 11.9 Å². The number of anilines is 1. The molecule has 1 aromatic carbocycles. The predicted molar refractivity (Wildman–Crippen MR) is 84.3 cm³/mol. The molecule has 0 amide bonds. The van der Waals surface area contributed by atoms with E-state index in [0.717, 1.165) is 5.69 Å². The van der Waals surface area contributed by atoms with Crippen LogP contribution in [0.1, 0.15) is 20.8 Å². The van der Waals surface area contributed by atoms with Crippen molar-refractivity contribution in [2.45, 2.75) is 26.3 Å². The molecule has 0 aliphatic carbocycles. The highest BCUT2D eigenvalue weighted by Crippen LogP contribution is 2.32. The molecular formula is C15H20N4O2. The molecule has 0 spiro atoms. The first-order chi connectivity index (χ1) is 9.89. The summed E-state index contributed by atoms with van der Waals surface area (Å²) in [5, 5.41) is 15.0. The van der Waals surface area contributed by atoms with Crippen molar-refractivity contribution in [1.29, 1.82) is 0 Å². The van der Waals surface area contributed by atoms with Gasteiger partial charge >= 0.3 is 0 Å². The normalized spacial score (nSPS) is 14.1. The van der Waals surface area contributed by atoms with E-state index in [2.05, 4.69) is 24.1 Å². The number of fused-ring (bicyclic) bond motifs is 1. The van der Waals surface area contributed by atoms with Crippen LogP contribution in [0.2, 0.25) is 0 Å². The van der Waals surface area contributed by atoms with Crippen molar-refractivity contribution in [1.82, 2.24) is 4.98 Å². The summed E-state index contributed by atoms with van der Waals surface area (Å²) < 4.78 is 0. The van der Waals surface area contributed by atoms with Crippen LogP contribution in [0, 0.1) is 16.0 Å². The van der Waals surface area contributed by atoms with Gasteiger partial charge in [0, 0.05) is 24.3 Å². The molecule has 2 aromatic rings. The molecular weight excluding hydrogens is 268 g/mol. The number of nitro benzene ring substituents is 1. The van der Waals surface area contributed by atoms with Gasteiger partial charge in [-0.05, 0) is 31.0 Å². The SMILES string of the molecule is CC(C)C(C)(CN)Nc1ccc([N+](=O)[O-])c2cccnc12. The summed E-state index contributed by atoms with van der Waals surface area (Å²) in [6.07, 6.45) is 1.63. The highest BCUT2D eigenvalue weighted by molar-refractivity contribution is 5.96. The van der Waals surface area contributed by atoms with Gasteiger partial charge in [-0.2, -0.15) is 0 Å². The van der Waals surface area contributed by atoms with Gasteiger partial charge in [0.15, 0.2) is 0 Å². The molecule has 0 saturated heterocycles. The van der Waals surface area contributed by atoms with Crippen molar-refractivity contribution in [3.05, 3.63) is 40.6 Å². The predicted octanol–water partition coefficient (Wildman–Crippen LogP) is 2.93. The molecule has 21 heavy (non-hydrogen) atoms. The highest BCUT2D eigenvalue weighted by Gasteiger charge is 2.28. The Bertz CT molecular complexity index is 672. The molecule has 1 heterocycles. The zero-order chi connectivity index (χ0) is 15.6. The van der Waals surface area contributed by atoms with Crippen molar-refractivity contribution in [3.63, 3.8) is 0 Å². The van der Waals surface area contributed by atoms with Gasteiger partial charge in [-0.15, -0.1) is 0 Å². The van der Waals surface area contributed by atoms with Crippen LogP contribution in [-0.4, -0.2) is 22.0 Å². The van der Waals surface area contributed by atoms with E-state index in [1.165, 1.54) is 6.07 Å². The molecule has 1 aromatic heterocycles. The molecule has 0 fully saturated rings. The summed E-state index contributed by atoms with van der Waals surface area (Å²) in [5.41, 5.74) is 6.99. The molecule has 0 bridgehead atoms. The lowest BCUT2D eigenvalue weighted by atomic mass is 9.88. The molecule has 0 aliphatic heterocycles. The van der Waals surface area contributed by atoms with Crippen molar-refractivity contribution in [2.24, 2.45) is 11.7 Å². The second kappa shape index (κ2) is 5.65. The number of non-ortho nitro benzene ring substituents is 1. The fourth-order valence-electron chi connectivity index (χ4n) is 2.16. The monoisotopic (exact) mass is 288 g/mol. The zero-order valence-corrected chi connectivity index (χ0v) is 12.5. The number of hydrogen-bond acceptors (Lipinski definition) is 5. The number of aromatic nitrogens is 1. The first kappa shape index (κ1) is 15.2. The topological polar surface area (TPSA) is 94.1 Å². The third kappa shape index (κ3) is 2.80. The first-order valence-corrected chi connectivity index (χ1v) is 6.89. The number of hydrogen-bond donors (Lipinski definition) is 2. The van der Waals surface area contributed by atoms with Crippen LogP contribution >= 0.6 is 0 Å². The van der Waals surface area contributed by atoms with E-state index in [4.69, 9.17) is 5.73 Å². The summed E-state index contributed by atoms with van der Waals surface area (Å²) >= 11 is 0. The summed E-state index contributed by atoms with van der Waals surface area (Å²) in [6, 6.07) is 6.61. The third-order valence-corrected chi connectivity index (χ3v) is 4.06. The summed E-state index contributed by atoms with van der Waals surface area (Å²) in [4.78, 5) is 15.0. The number of nitrogens with zero attached hydrogens (tertiary/aromatic N) is 2. The van der Waals surface area contributed by atoms with Crippen LogP contribution in [0.3, 0.4) is 0 Å². The lowest BCUT2D eigenvalue weighted by molar-refractivity contribution is -0.383. The number of nitrogens with one attached hydrogen (secondary N) is 1. The van der Waals surface area contributed by atoms with E-state index >= 15 is 0 Å². The number of pyridine rings is 1. The molecule has 3 N–H and O–H groups in total. The Morgan fingerprint density at radius 2 is 2.14 bits per heavy atom. The Morgan fingerprint density at radius 1 is 1.43 bits per heavy atom. The fraction of sp³-hybridized carbons (Fsp3) is 0.400. The zero-order valence-electron chi connectivity index (χ0n) is 12.5. The minimum atomic E-state index is -0.391. The van der Waals surface area contributed by atoms with E-state index in [1.807, 2.05) is 6.92 Å². The molecule has 6 nitrogen and oxygen atoms in total. The highest BCUT2D eigenvalue weighted by atomic mass is 16.6. The Labute approximate surface area is 123 Å². The Hall–Kier alpha value is -2.21. The standard InChI is InChI=1S/C15H20N4O2/c1-10(2)15(3,9-16)18-12-6-7-13(19(20)21)11-5-4-8-17-14(11)12/h4-8,10,18H,9,16H2,1-3H3. The van der Waals surface area contributed by atoms with E-state index in [0.29, 0.717) is 23.4 Å². The minimum Gasteiger partial charge on any atom is -0.377 e. The Balaban J connectivity index is 2.56. The Kier molecular flexibility index (Phi) is 4.09. The second-order valence-corrected chi connectivity index (χ2v) is 5.69. The van der Waals surface area contributed by atoms with E-state index in [1.54, 1.807) is 24.4 Å². The van der Waals surface area contributed by atoms with Crippen molar-refractivity contribution >= 4 is 22.3 Å². The smallest absolute Gasteiger partial charge is 0.278 e. The van der Waals surface area contributed by atoms with Crippen LogP contribution in [0.4, 0.5) is 11.4 Å². The molecule has 112 valence electrons. The summed E-state index contributed by atoms with van der Waals surface area (Å²) in [7, 11) is 0. The molecule has 2 rings (SSSR count). The lowest BCUT2D eigenvalue weighted by Gasteiger charge is -2.34. The molecule has 0 aliphatic rings. The second-order valence-electron chi connectivity index (χ2n) is 5.69. The molecule has 6 heteroatoms. The minimum absolute atomic E-state index is 0.0580. The lowest BCUT2D eigenvalue weighted by Crippen LogP contribution is -2.47. The Morgan fingerprint density at radius 3 is 2.71 bits per heavy atom. The first-order valence-electron chi connectivity index (χ1n) is 6.89. The van der Waals surface area contributed by atoms with Crippen molar-refractivity contribution in [3.8, 4) is 0 Å². The van der Waals surface area contributed by atoms with E-state index in [-0.39, 0.29) is 11.2 Å². The van der Waals surface area contributed by atoms with Gasteiger partial charge in [-0.25, -0.2) is 0 Å². The molecule has 0 saturated carbocycles. The maximum Gasteiger partial charge on any atom is 0.278 e. The largest absolute Gasteiger partial charge is 0.377 e. The van der Waals surface area contributed by atoms with Gasteiger partial charge < -0.3 is 11.1 Å². The maximum atomic E-state index is 11.1. The fourth-order valence-corrected chi connectivity index (χ4v) is 2.16. The average Bonchev–Trinajstić information content (AvgIpc) is 2.46. The number of rotatable bonds is 5. The van der Waals surface area contributed by atoms with Gasteiger partial charge in [0.2, 0.25) is 0 Å². The molecule has 1 atom stereocenters. The summed E-state index contributed by atoms with van der Waals surface area (Å²) in [5.74, 6) is 0.302. The number of nitro groups is 1. The van der Waals surface area contributed by atoms with E-state index in [9.17, 15) is 10.1 Å². The van der Waals surface area contributed by atoms with Crippen LogP contribution in [0.15, 0.2) is 30.5 Å². The van der Waals surface area contributed by atoms with Gasteiger partial charge in [0.05, 0.1) is 16.0 Å². The van der Waals surface area contributed by atoms with Gasteiger partial charge in [0.1, 0.15) is 5.52 Å². The number of nitrogens with two attached hydrogens (primary N) is 1. The molecule has 0 radical (unpaired) electrons. The number of benzene rings is 1. The van der Waals surface area contributed by atoms with Crippen LogP contribution in [-0.2, 0) is 0 Å². The van der Waals surface area contributed by atoms with Crippen LogP contribution in [0.5, 0.6) is 0 Å².